The third-order valence-electron chi connectivity index (χ3n) is 7.02. The van der Waals surface area contributed by atoms with Crippen molar-refractivity contribution in [2.45, 2.75) is 63.7 Å². The molecule has 0 spiro atoms. The first-order chi connectivity index (χ1) is 21.7. The maximum atomic E-state index is 13.3. The molecule has 0 aliphatic carbocycles. The van der Waals surface area contributed by atoms with Crippen molar-refractivity contribution in [3.63, 3.8) is 0 Å². The fourth-order valence-electron chi connectivity index (χ4n) is 4.79. The summed E-state index contributed by atoms with van der Waals surface area (Å²) < 4.78 is 77.2. The Morgan fingerprint density at radius 2 is 1.63 bits per heavy atom. The van der Waals surface area contributed by atoms with E-state index in [0.29, 0.717) is 12.0 Å². The van der Waals surface area contributed by atoms with E-state index in [9.17, 15) is 45.8 Å². The summed E-state index contributed by atoms with van der Waals surface area (Å²) in [6.45, 7) is 1.57. The fraction of sp³-hybridized carbons (Fsp3) is 0.406. The molecule has 0 aliphatic heterocycles. The van der Waals surface area contributed by atoms with Gasteiger partial charge in [-0.2, -0.15) is 26.3 Å². The van der Waals surface area contributed by atoms with E-state index in [-0.39, 0.29) is 50.3 Å². The van der Waals surface area contributed by atoms with E-state index in [4.69, 9.17) is 0 Å². The molecule has 2 aromatic carbocycles. The maximum absolute atomic E-state index is 13.3. The zero-order valence-electron chi connectivity index (χ0n) is 25.0. The van der Waals surface area contributed by atoms with Crippen LogP contribution in [0, 0.1) is 0 Å². The van der Waals surface area contributed by atoms with Crippen molar-refractivity contribution in [2.75, 3.05) is 19.6 Å². The SMILES string of the molecule is CCCN(CCCC(F)(F)F)C(=O)c1cc(C(=O)N[C@@H](Cc2ccccc2)[C@H](O)CNCc2cccc(C(F)(F)F)c2)[nH]c(=O)c1. The van der Waals surface area contributed by atoms with Crippen molar-refractivity contribution in [3.8, 4) is 0 Å². The second kappa shape index (κ2) is 16.4. The summed E-state index contributed by atoms with van der Waals surface area (Å²) in [6, 6.07) is 14.7. The Kier molecular flexibility index (Phi) is 12.9. The number of aliphatic hydroxyl groups excluding tert-OH is 1. The van der Waals surface area contributed by atoms with Crippen LogP contribution in [0.15, 0.2) is 71.5 Å². The number of benzene rings is 2. The molecule has 3 aromatic rings. The van der Waals surface area contributed by atoms with Crippen LogP contribution in [0.5, 0.6) is 0 Å². The average Bonchev–Trinajstić information content (AvgIpc) is 2.99. The van der Waals surface area contributed by atoms with E-state index < -0.39 is 53.9 Å². The number of nitrogens with zero attached hydrogens (tertiary/aromatic N) is 1. The van der Waals surface area contributed by atoms with Crippen molar-refractivity contribution in [2.24, 2.45) is 0 Å². The summed E-state index contributed by atoms with van der Waals surface area (Å²) >= 11 is 0. The van der Waals surface area contributed by atoms with Gasteiger partial charge in [-0.3, -0.25) is 14.4 Å². The van der Waals surface area contributed by atoms with Crippen LogP contribution in [0.4, 0.5) is 26.3 Å². The first-order valence-corrected chi connectivity index (χ1v) is 14.7. The van der Waals surface area contributed by atoms with E-state index in [2.05, 4.69) is 15.6 Å². The number of hydrogen-bond donors (Lipinski definition) is 4. The molecule has 250 valence electrons. The molecule has 0 saturated carbocycles. The van der Waals surface area contributed by atoms with Crippen molar-refractivity contribution >= 4 is 11.8 Å². The Labute approximate surface area is 261 Å². The molecular formula is C32H36F6N4O4. The number of aliphatic hydroxyl groups is 1. The molecule has 0 unspecified atom stereocenters. The van der Waals surface area contributed by atoms with Crippen LogP contribution in [0.25, 0.3) is 0 Å². The Hall–Kier alpha value is -4.17. The summed E-state index contributed by atoms with van der Waals surface area (Å²) in [7, 11) is 0. The molecule has 0 aliphatic rings. The third-order valence-corrected chi connectivity index (χ3v) is 7.02. The number of halogens is 6. The zero-order chi connectivity index (χ0) is 33.9. The molecular weight excluding hydrogens is 618 g/mol. The number of carbonyl (C=O) groups is 2. The second-order valence-corrected chi connectivity index (χ2v) is 10.8. The molecule has 0 radical (unpaired) electrons. The molecule has 1 aromatic heterocycles. The van der Waals surface area contributed by atoms with Crippen molar-refractivity contribution in [3.05, 3.63) is 105 Å². The van der Waals surface area contributed by atoms with Gasteiger partial charge in [0.25, 0.3) is 11.8 Å². The quantitative estimate of drug-likeness (QED) is 0.171. The number of aromatic nitrogens is 1. The van der Waals surface area contributed by atoms with Crippen LogP contribution in [0.2, 0.25) is 0 Å². The summed E-state index contributed by atoms with van der Waals surface area (Å²) in [5, 5.41) is 16.6. The zero-order valence-corrected chi connectivity index (χ0v) is 25.0. The number of amides is 2. The molecule has 14 heteroatoms. The molecule has 0 fully saturated rings. The highest BCUT2D eigenvalue weighted by molar-refractivity contribution is 5.98. The topological polar surface area (TPSA) is 115 Å². The second-order valence-electron chi connectivity index (χ2n) is 10.8. The summed E-state index contributed by atoms with van der Waals surface area (Å²) in [5.74, 6) is -1.53. The highest BCUT2D eigenvalue weighted by atomic mass is 19.4. The summed E-state index contributed by atoms with van der Waals surface area (Å²) in [5.41, 5.74) is -1.00. The van der Waals surface area contributed by atoms with Crippen LogP contribution in [-0.2, 0) is 19.1 Å². The van der Waals surface area contributed by atoms with Gasteiger partial charge < -0.3 is 25.6 Å². The maximum Gasteiger partial charge on any atom is 0.416 e. The lowest BCUT2D eigenvalue weighted by molar-refractivity contribution is -0.138. The lowest BCUT2D eigenvalue weighted by Crippen LogP contribution is -2.49. The van der Waals surface area contributed by atoms with E-state index in [1.54, 1.807) is 37.3 Å². The van der Waals surface area contributed by atoms with Gasteiger partial charge in [-0.05, 0) is 42.5 Å². The van der Waals surface area contributed by atoms with Crippen molar-refractivity contribution < 1.29 is 41.0 Å². The number of alkyl halides is 6. The molecule has 2 atom stereocenters. The monoisotopic (exact) mass is 654 g/mol. The van der Waals surface area contributed by atoms with Crippen molar-refractivity contribution in [1.82, 2.24) is 20.5 Å². The highest BCUT2D eigenvalue weighted by Crippen LogP contribution is 2.29. The molecule has 3 rings (SSSR count). The lowest BCUT2D eigenvalue weighted by Gasteiger charge is -2.25. The van der Waals surface area contributed by atoms with Crippen LogP contribution in [0.3, 0.4) is 0 Å². The molecule has 0 saturated heterocycles. The van der Waals surface area contributed by atoms with E-state index in [1.165, 1.54) is 17.0 Å². The predicted octanol–water partition coefficient (Wildman–Crippen LogP) is 5.08. The minimum Gasteiger partial charge on any atom is -0.390 e. The number of pyridine rings is 1. The van der Waals surface area contributed by atoms with Gasteiger partial charge in [0.05, 0.1) is 17.7 Å². The van der Waals surface area contributed by atoms with E-state index >= 15 is 0 Å². The van der Waals surface area contributed by atoms with Crippen LogP contribution in [-0.4, -0.2) is 64.8 Å². The normalized spacial score (nSPS) is 13.2. The Bertz CT molecular complexity index is 1490. The number of nitrogens with one attached hydrogen (secondary N) is 3. The van der Waals surface area contributed by atoms with Crippen LogP contribution < -0.4 is 16.2 Å². The highest BCUT2D eigenvalue weighted by Gasteiger charge is 2.31. The predicted molar refractivity (Wildman–Crippen MR) is 159 cm³/mol. The standard InChI is InChI=1S/C32H36F6N4O4/c1-2-13-42(14-7-12-31(33,34)35)30(46)23-17-26(40-28(44)18-23)29(45)41-25(16-21-8-4-3-5-9-21)27(43)20-39-19-22-10-6-11-24(15-22)32(36,37)38/h3-6,8-11,15,17-18,25,27,39,43H,2,7,12-14,16,19-20H2,1H3,(H,40,44)(H,41,45)/t25-,27+/m0/s1. The van der Waals surface area contributed by atoms with E-state index in [1.807, 2.05) is 0 Å². The smallest absolute Gasteiger partial charge is 0.390 e. The van der Waals surface area contributed by atoms with Gasteiger partial charge in [0.1, 0.15) is 5.69 Å². The first kappa shape index (κ1) is 36.3. The van der Waals surface area contributed by atoms with Gasteiger partial charge in [0.2, 0.25) is 5.56 Å². The lowest BCUT2D eigenvalue weighted by atomic mass is 10.0. The van der Waals surface area contributed by atoms with Crippen molar-refractivity contribution in [1.29, 1.82) is 0 Å². The molecule has 1 heterocycles. The van der Waals surface area contributed by atoms with Gasteiger partial charge in [-0.15, -0.1) is 0 Å². The number of carbonyl (C=O) groups excluding carboxylic acids is 2. The van der Waals surface area contributed by atoms with Crippen LogP contribution >= 0.6 is 0 Å². The Morgan fingerprint density at radius 3 is 2.28 bits per heavy atom. The number of rotatable bonds is 15. The van der Waals surface area contributed by atoms with Gasteiger partial charge in [-0.25, -0.2) is 0 Å². The van der Waals surface area contributed by atoms with Gasteiger partial charge in [0, 0.05) is 44.2 Å². The van der Waals surface area contributed by atoms with Gasteiger partial charge >= 0.3 is 12.4 Å². The fourth-order valence-corrected chi connectivity index (χ4v) is 4.79. The minimum absolute atomic E-state index is 0.00168. The third kappa shape index (κ3) is 11.6. The average molecular weight is 655 g/mol. The Balaban J connectivity index is 1.75. The molecule has 46 heavy (non-hydrogen) atoms. The molecule has 0 bridgehead atoms. The minimum atomic E-state index is -4.51. The number of H-pyrrole nitrogens is 1. The molecule has 8 nitrogen and oxygen atoms in total. The van der Waals surface area contributed by atoms with Gasteiger partial charge in [-0.1, -0.05) is 55.5 Å². The summed E-state index contributed by atoms with van der Waals surface area (Å²) in [6.07, 6.45) is -10.9. The van der Waals surface area contributed by atoms with Crippen LogP contribution in [0.1, 0.15) is 63.7 Å². The number of hydrogen-bond acceptors (Lipinski definition) is 5. The molecule has 2 amide bonds. The largest absolute Gasteiger partial charge is 0.416 e. The number of aromatic amines is 1. The Morgan fingerprint density at radius 1 is 0.935 bits per heavy atom. The molecule has 4 N–H and O–H groups in total. The summed E-state index contributed by atoms with van der Waals surface area (Å²) in [4.78, 5) is 42.4. The van der Waals surface area contributed by atoms with E-state index in [0.717, 1.165) is 29.8 Å². The van der Waals surface area contributed by atoms with Gasteiger partial charge in [0.15, 0.2) is 0 Å². The first-order valence-electron chi connectivity index (χ1n) is 14.7.